The average molecular weight is 291 g/mol. The van der Waals surface area contributed by atoms with Crippen molar-refractivity contribution in [2.75, 3.05) is 5.32 Å². The zero-order valence-electron chi connectivity index (χ0n) is 11.7. The highest BCUT2D eigenvalue weighted by atomic mass is 32.1. The third kappa shape index (κ3) is 3.33. The summed E-state index contributed by atoms with van der Waals surface area (Å²) in [5.74, 6) is 0. The van der Waals surface area contributed by atoms with Gasteiger partial charge in [0.15, 0.2) is 0 Å². The standard InChI is InChI=1S/C14H17N3O2S/c1-4-12-13(9(2)17-20-12)16-14(18)19-10(3)11-7-5-6-8-15-11/h5-8,10H,4H2,1-3H3,(H,16,18). The third-order valence-corrected chi connectivity index (χ3v) is 3.95. The molecule has 0 saturated carbocycles. The van der Waals surface area contributed by atoms with Gasteiger partial charge in [-0.25, -0.2) is 4.79 Å². The van der Waals surface area contributed by atoms with Gasteiger partial charge in [-0.1, -0.05) is 13.0 Å². The van der Waals surface area contributed by atoms with Crippen molar-refractivity contribution in [3.05, 3.63) is 40.7 Å². The van der Waals surface area contributed by atoms with E-state index in [9.17, 15) is 4.79 Å². The minimum Gasteiger partial charge on any atom is -0.440 e. The van der Waals surface area contributed by atoms with Gasteiger partial charge in [-0.15, -0.1) is 0 Å². The fraction of sp³-hybridized carbons (Fsp3) is 0.357. The number of rotatable bonds is 4. The quantitative estimate of drug-likeness (QED) is 0.932. The van der Waals surface area contributed by atoms with Gasteiger partial charge in [0.25, 0.3) is 0 Å². The number of hydrogen-bond acceptors (Lipinski definition) is 5. The summed E-state index contributed by atoms with van der Waals surface area (Å²) < 4.78 is 9.57. The van der Waals surface area contributed by atoms with Crippen LogP contribution in [0.2, 0.25) is 0 Å². The van der Waals surface area contributed by atoms with Gasteiger partial charge < -0.3 is 4.74 Å². The molecule has 6 heteroatoms. The number of amides is 1. The monoisotopic (exact) mass is 291 g/mol. The molecular weight excluding hydrogens is 274 g/mol. The number of nitrogens with zero attached hydrogens (tertiary/aromatic N) is 2. The summed E-state index contributed by atoms with van der Waals surface area (Å²) in [4.78, 5) is 17.1. The van der Waals surface area contributed by atoms with E-state index in [1.165, 1.54) is 11.5 Å². The molecule has 0 aliphatic rings. The van der Waals surface area contributed by atoms with E-state index in [2.05, 4.69) is 14.7 Å². The van der Waals surface area contributed by atoms with Crippen LogP contribution in [-0.2, 0) is 11.2 Å². The molecule has 0 bridgehead atoms. The SMILES string of the molecule is CCc1snc(C)c1NC(=O)OC(C)c1ccccn1. The number of hydrogen-bond donors (Lipinski definition) is 1. The maximum absolute atomic E-state index is 11.9. The van der Waals surface area contributed by atoms with Crippen molar-refractivity contribution in [2.45, 2.75) is 33.3 Å². The van der Waals surface area contributed by atoms with Crippen LogP contribution in [0.15, 0.2) is 24.4 Å². The first-order chi connectivity index (χ1) is 9.61. The molecule has 0 radical (unpaired) electrons. The highest BCUT2D eigenvalue weighted by molar-refractivity contribution is 7.06. The molecule has 1 amide bonds. The van der Waals surface area contributed by atoms with Crippen molar-refractivity contribution >= 4 is 23.3 Å². The Morgan fingerprint density at radius 1 is 1.50 bits per heavy atom. The van der Waals surface area contributed by atoms with Gasteiger partial charge in [-0.05, 0) is 43.9 Å². The first-order valence-corrected chi connectivity index (χ1v) is 7.22. The van der Waals surface area contributed by atoms with Gasteiger partial charge in [0.1, 0.15) is 6.10 Å². The summed E-state index contributed by atoms with van der Waals surface area (Å²) in [6, 6.07) is 5.51. The lowest BCUT2D eigenvalue weighted by Crippen LogP contribution is -2.17. The van der Waals surface area contributed by atoms with E-state index in [4.69, 9.17) is 4.74 Å². The second-order valence-electron chi connectivity index (χ2n) is 4.35. The zero-order valence-corrected chi connectivity index (χ0v) is 12.5. The average Bonchev–Trinajstić information content (AvgIpc) is 2.80. The zero-order chi connectivity index (χ0) is 14.5. The Hall–Kier alpha value is -1.95. The summed E-state index contributed by atoms with van der Waals surface area (Å²) in [6.07, 6.45) is 1.63. The van der Waals surface area contributed by atoms with Gasteiger partial charge >= 0.3 is 6.09 Å². The second-order valence-corrected chi connectivity index (χ2v) is 5.20. The molecular formula is C14H17N3O2S. The molecule has 20 heavy (non-hydrogen) atoms. The number of nitrogens with one attached hydrogen (secondary N) is 1. The lowest BCUT2D eigenvalue weighted by molar-refractivity contribution is 0.119. The first kappa shape index (κ1) is 14.5. The predicted molar refractivity (Wildman–Crippen MR) is 79.0 cm³/mol. The molecule has 2 aromatic rings. The van der Waals surface area contributed by atoms with E-state index in [0.717, 1.165) is 28.4 Å². The van der Waals surface area contributed by atoms with Crippen molar-refractivity contribution in [3.8, 4) is 0 Å². The minimum atomic E-state index is -0.485. The van der Waals surface area contributed by atoms with Crippen molar-refractivity contribution in [2.24, 2.45) is 0 Å². The molecule has 0 aliphatic carbocycles. The van der Waals surface area contributed by atoms with Gasteiger partial charge in [-0.3, -0.25) is 10.3 Å². The van der Waals surface area contributed by atoms with Crippen LogP contribution in [0.1, 0.15) is 36.2 Å². The second kappa shape index (κ2) is 6.47. The van der Waals surface area contributed by atoms with Crippen LogP contribution in [0, 0.1) is 6.92 Å². The summed E-state index contributed by atoms with van der Waals surface area (Å²) >= 11 is 1.40. The molecule has 0 aromatic carbocycles. The Bertz CT molecular complexity index is 583. The third-order valence-electron chi connectivity index (χ3n) is 2.87. The highest BCUT2D eigenvalue weighted by Gasteiger charge is 2.16. The smallest absolute Gasteiger partial charge is 0.412 e. The van der Waals surface area contributed by atoms with Crippen molar-refractivity contribution in [3.63, 3.8) is 0 Å². The van der Waals surface area contributed by atoms with E-state index in [0.29, 0.717) is 0 Å². The van der Waals surface area contributed by atoms with Crippen molar-refractivity contribution in [1.82, 2.24) is 9.36 Å². The topological polar surface area (TPSA) is 64.1 Å². The number of carbonyl (C=O) groups is 1. The number of aromatic nitrogens is 2. The Labute approximate surface area is 122 Å². The van der Waals surface area contributed by atoms with Crippen LogP contribution in [0.4, 0.5) is 10.5 Å². The molecule has 0 aliphatic heterocycles. The Morgan fingerprint density at radius 2 is 2.30 bits per heavy atom. The van der Waals surface area contributed by atoms with E-state index < -0.39 is 12.2 Å². The summed E-state index contributed by atoms with van der Waals surface area (Å²) in [5.41, 5.74) is 2.29. The van der Waals surface area contributed by atoms with Crippen LogP contribution in [0.25, 0.3) is 0 Å². The molecule has 1 atom stereocenters. The molecule has 0 fully saturated rings. The van der Waals surface area contributed by atoms with Crippen LogP contribution in [0.5, 0.6) is 0 Å². The fourth-order valence-corrected chi connectivity index (χ4v) is 2.54. The van der Waals surface area contributed by atoms with Gasteiger partial charge in [0.2, 0.25) is 0 Å². The lowest BCUT2D eigenvalue weighted by atomic mass is 10.2. The van der Waals surface area contributed by atoms with E-state index in [1.54, 1.807) is 13.1 Å². The molecule has 2 aromatic heterocycles. The Kier molecular flexibility index (Phi) is 4.68. The normalized spacial score (nSPS) is 11.9. The Morgan fingerprint density at radius 3 is 2.95 bits per heavy atom. The van der Waals surface area contributed by atoms with E-state index >= 15 is 0 Å². The van der Waals surface area contributed by atoms with Gasteiger partial charge in [0.05, 0.1) is 17.1 Å². The maximum atomic E-state index is 11.9. The molecule has 106 valence electrons. The minimum absolute atomic E-state index is 0.395. The van der Waals surface area contributed by atoms with Crippen molar-refractivity contribution in [1.29, 1.82) is 0 Å². The van der Waals surface area contributed by atoms with Crippen molar-refractivity contribution < 1.29 is 9.53 Å². The van der Waals surface area contributed by atoms with E-state index in [1.807, 2.05) is 32.0 Å². The van der Waals surface area contributed by atoms with Crippen LogP contribution in [0.3, 0.4) is 0 Å². The lowest BCUT2D eigenvalue weighted by Gasteiger charge is -2.13. The number of aryl methyl sites for hydroxylation is 2. The van der Waals surface area contributed by atoms with Gasteiger partial charge in [0, 0.05) is 11.1 Å². The highest BCUT2D eigenvalue weighted by Crippen LogP contribution is 2.25. The van der Waals surface area contributed by atoms with Crippen LogP contribution >= 0.6 is 11.5 Å². The number of anilines is 1. The van der Waals surface area contributed by atoms with E-state index in [-0.39, 0.29) is 0 Å². The molecule has 2 rings (SSSR count). The first-order valence-electron chi connectivity index (χ1n) is 6.45. The summed E-state index contributed by atoms with van der Waals surface area (Å²) in [6.45, 7) is 5.69. The summed E-state index contributed by atoms with van der Waals surface area (Å²) in [7, 11) is 0. The Balaban J connectivity index is 2.01. The molecule has 0 spiro atoms. The molecule has 1 N–H and O–H groups in total. The largest absolute Gasteiger partial charge is 0.440 e. The molecule has 1 unspecified atom stereocenters. The van der Waals surface area contributed by atoms with Crippen LogP contribution < -0.4 is 5.32 Å². The predicted octanol–water partition coefficient (Wildman–Crippen LogP) is 3.72. The number of ether oxygens (including phenoxy) is 1. The molecule has 5 nitrogen and oxygen atoms in total. The summed E-state index contributed by atoms with van der Waals surface area (Å²) in [5, 5.41) is 2.77. The molecule has 0 saturated heterocycles. The molecule has 2 heterocycles. The van der Waals surface area contributed by atoms with Crippen LogP contribution in [-0.4, -0.2) is 15.5 Å². The van der Waals surface area contributed by atoms with Gasteiger partial charge in [-0.2, -0.15) is 4.37 Å². The number of carbonyl (C=O) groups excluding carboxylic acids is 1. The number of pyridine rings is 1. The maximum Gasteiger partial charge on any atom is 0.412 e. The fourth-order valence-electron chi connectivity index (χ4n) is 1.79.